The van der Waals surface area contributed by atoms with Crippen LogP contribution in [0.3, 0.4) is 0 Å². The number of nitrogens with zero attached hydrogens (tertiary/aromatic N) is 2. The normalized spacial score (nSPS) is 12.1. The smallest absolute Gasteiger partial charge is 0.243 e. The summed E-state index contributed by atoms with van der Waals surface area (Å²) < 4.78 is 27.5. The number of rotatable bonds is 14. The van der Waals surface area contributed by atoms with Crippen LogP contribution in [0.4, 0.5) is 5.69 Å². The molecule has 0 aliphatic rings. The molecule has 0 spiro atoms. The van der Waals surface area contributed by atoms with Gasteiger partial charge in [0.15, 0.2) is 0 Å². The lowest BCUT2D eigenvalue weighted by Crippen LogP contribution is -2.51. The summed E-state index contributed by atoms with van der Waals surface area (Å²) in [6, 6.07) is 23.9. The maximum atomic E-state index is 13.9. The van der Waals surface area contributed by atoms with Crippen LogP contribution in [0.15, 0.2) is 83.3 Å². The number of aryl methyl sites for hydroxylation is 1. The maximum Gasteiger partial charge on any atom is 0.243 e. The number of amides is 2. The van der Waals surface area contributed by atoms with Crippen LogP contribution in [0.25, 0.3) is 0 Å². The second kappa shape index (κ2) is 15.2. The first-order valence-electron chi connectivity index (χ1n) is 13.8. The van der Waals surface area contributed by atoms with Crippen molar-refractivity contribution in [2.24, 2.45) is 5.92 Å². The Hall–Kier alpha value is -3.17. The van der Waals surface area contributed by atoms with Gasteiger partial charge in [-0.2, -0.15) is 0 Å². The predicted octanol–water partition coefficient (Wildman–Crippen LogP) is 5.72. The van der Waals surface area contributed by atoms with Gasteiger partial charge < -0.3 is 10.2 Å². The summed E-state index contributed by atoms with van der Waals surface area (Å²) >= 11 is 3.46. The Labute approximate surface area is 253 Å². The van der Waals surface area contributed by atoms with Crippen LogP contribution in [-0.2, 0) is 32.6 Å². The first-order valence-corrected chi connectivity index (χ1v) is 16.5. The van der Waals surface area contributed by atoms with Crippen molar-refractivity contribution in [3.05, 3.63) is 100 Å². The molecule has 2 amide bonds. The van der Waals surface area contributed by atoms with Gasteiger partial charge in [-0.1, -0.05) is 84.4 Å². The largest absolute Gasteiger partial charge is 0.354 e. The van der Waals surface area contributed by atoms with Gasteiger partial charge in [-0.05, 0) is 60.2 Å². The highest BCUT2D eigenvalue weighted by Crippen LogP contribution is 2.21. The van der Waals surface area contributed by atoms with Gasteiger partial charge in [0.05, 0.1) is 11.9 Å². The Bertz CT molecular complexity index is 1400. The number of hydrogen-bond acceptors (Lipinski definition) is 4. The fraction of sp³-hybridized carbons (Fsp3) is 0.375. The average molecular weight is 643 g/mol. The molecule has 0 aliphatic heterocycles. The fourth-order valence-corrected chi connectivity index (χ4v) is 5.77. The molecule has 41 heavy (non-hydrogen) atoms. The molecule has 1 N–H and O–H groups in total. The van der Waals surface area contributed by atoms with E-state index in [1.165, 1.54) is 10.6 Å². The van der Waals surface area contributed by atoms with Crippen molar-refractivity contribution in [3.8, 4) is 0 Å². The molecule has 220 valence electrons. The van der Waals surface area contributed by atoms with Crippen LogP contribution < -0.4 is 9.62 Å². The van der Waals surface area contributed by atoms with Crippen LogP contribution in [0, 0.1) is 12.8 Å². The number of sulfonamides is 1. The minimum absolute atomic E-state index is 0.0944. The van der Waals surface area contributed by atoms with E-state index in [9.17, 15) is 18.0 Å². The number of anilines is 1. The number of carbonyl (C=O) groups is 2. The Morgan fingerprint density at radius 1 is 0.927 bits per heavy atom. The van der Waals surface area contributed by atoms with Crippen LogP contribution in [-0.4, -0.2) is 50.5 Å². The third kappa shape index (κ3) is 10.3. The highest BCUT2D eigenvalue weighted by atomic mass is 79.9. The van der Waals surface area contributed by atoms with E-state index >= 15 is 0 Å². The lowest BCUT2D eigenvalue weighted by atomic mass is 10.0. The summed E-state index contributed by atoms with van der Waals surface area (Å²) in [5, 5.41) is 3.03. The molecule has 0 aliphatic carbocycles. The van der Waals surface area contributed by atoms with Gasteiger partial charge in [-0.3, -0.25) is 13.9 Å². The molecule has 0 heterocycles. The minimum atomic E-state index is -3.55. The zero-order chi connectivity index (χ0) is 30.0. The number of benzene rings is 3. The third-order valence-corrected chi connectivity index (χ3v) is 8.39. The summed E-state index contributed by atoms with van der Waals surface area (Å²) in [5.74, 6) is -0.146. The summed E-state index contributed by atoms with van der Waals surface area (Å²) in [7, 11) is -3.55. The van der Waals surface area contributed by atoms with E-state index in [1.54, 1.807) is 11.0 Å². The molecule has 0 fully saturated rings. The maximum absolute atomic E-state index is 13.9. The highest BCUT2D eigenvalue weighted by Gasteiger charge is 2.30. The van der Waals surface area contributed by atoms with Crippen LogP contribution in [0.5, 0.6) is 0 Å². The van der Waals surface area contributed by atoms with Crippen LogP contribution in [0.2, 0.25) is 0 Å². The lowest BCUT2D eigenvalue weighted by molar-refractivity contribution is -0.141. The quantitative estimate of drug-likeness (QED) is 0.244. The molecule has 0 saturated heterocycles. The minimum Gasteiger partial charge on any atom is -0.354 e. The molecule has 7 nitrogen and oxygen atoms in total. The van der Waals surface area contributed by atoms with Crippen molar-refractivity contribution >= 4 is 43.5 Å². The number of hydrogen-bond donors (Lipinski definition) is 1. The van der Waals surface area contributed by atoms with Gasteiger partial charge in [-0.15, -0.1) is 0 Å². The molecule has 0 bridgehead atoms. The van der Waals surface area contributed by atoms with E-state index in [2.05, 4.69) is 21.2 Å². The van der Waals surface area contributed by atoms with Crippen molar-refractivity contribution in [2.75, 3.05) is 23.7 Å². The Morgan fingerprint density at radius 2 is 1.61 bits per heavy atom. The number of halogens is 1. The van der Waals surface area contributed by atoms with Crippen molar-refractivity contribution in [2.45, 2.75) is 52.6 Å². The van der Waals surface area contributed by atoms with E-state index in [1.807, 2.05) is 93.6 Å². The standard InChI is InChI=1S/C32H40BrN3O4S/c1-24(2)22-34-32(38)30(21-26-11-6-5-7-12-26)35(23-27-15-17-28(33)18-16-27)31(37)14-9-19-36(41(4,39)40)29-13-8-10-25(3)20-29/h5-8,10-13,15-18,20,24,30H,9,14,19,21-23H2,1-4H3,(H,34,38)/t30-/m0/s1. The third-order valence-electron chi connectivity index (χ3n) is 6.66. The Morgan fingerprint density at radius 3 is 2.22 bits per heavy atom. The molecule has 0 radical (unpaired) electrons. The van der Waals surface area contributed by atoms with Crippen LogP contribution in [0.1, 0.15) is 43.4 Å². The molecule has 9 heteroatoms. The van der Waals surface area contributed by atoms with Crippen molar-refractivity contribution in [1.29, 1.82) is 0 Å². The highest BCUT2D eigenvalue weighted by molar-refractivity contribution is 9.10. The second-order valence-corrected chi connectivity index (χ2v) is 13.6. The number of nitrogens with one attached hydrogen (secondary N) is 1. The van der Waals surface area contributed by atoms with E-state index in [0.717, 1.165) is 21.2 Å². The predicted molar refractivity (Wildman–Crippen MR) is 169 cm³/mol. The van der Waals surface area contributed by atoms with Crippen molar-refractivity contribution in [3.63, 3.8) is 0 Å². The van der Waals surface area contributed by atoms with E-state index in [4.69, 9.17) is 0 Å². The first-order chi connectivity index (χ1) is 19.4. The molecular formula is C32H40BrN3O4S. The molecule has 3 aromatic rings. The number of carbonyl (C=O) groups excluding carboxylic acids is 2. The molecular weight excluding hydrogens is 602 g/mol. The zero-order valence-corrected chi connectivity index (χ0v) is 26.6. The second-order valence-electron chi connectivity index (χ2n) is 10.8. The van der Waals surface area contributed by atoms with Gasteiger partial charge in [-0.25, -0.2) is 8.42 Å². The Kier molecular flexibility index (Phi) is 12.0. The summed E-state index contributed by atoms with van der Waals surface area (Å²) in [5.41, 5.74) is 3.37. The molecule has 1 atom stereocenters. The first kappa shape index (κ1) is 32.3. The summed E-state index contributed by atoms with van der Waals surface area (Å²) in [6.45, 7) is 6.88. The fourth-order valence-electron chi connectivity index (χ4n) is 4.55. The topological polar surface area (TPSA) is 86.8 Å². The van der Waals surface area contributed by atoms with Gasteiger partial charge in [0.1, 0.15) is 6.04 Å². The van der Waals surface area contributed by atoms with Gasteiger partial charge in [0.2, 0.25) is 21.8 Å². The molecule has 0 saturated carbocycles. The van der Waals surface area contributed by atoms with Gasteiger partial charge in [0, 0.05) is 36.9 Å². The van der Waals surface area contributed by atoms with Gasteiger partial charge >= 0.3 is 0 Å². The zero-order valence-electron chi connectivity index (χ0n) is 24.2. The molecule has 0 aromatic heterocycles. The molecule has 3 aromatic carbocycles. The van der Waals surface area contributed by atoms with Crippen LogP contribution >= 0.6 is 15.9 Å². The lowest BCUT2D eigenvalue weighted by Gasteiger charge is -2.32. The van der Waals surface area contributed by atoms with E-state index < -0.39 is 16.1 Å². The van der Waals surface area contributed by atoms with E-state index in [-0.39, 0.29) is 37.2 Å². The molecule has 0 unspecified atom stereocenters. The summed E-state index contributed by atoms with van der Waals surface area (Å²) in [6.07, 6.45) is 1.94. The van der Waals surface area contributed by atoms with Crippen molar-refractivity contribution < 1.29 is 18.0 Å². The molecule has 3 rings (SSSR count). The SMILES string of the molecule is Cc1cccc(N(CCCC(=O)N(Cc2ccc(Br)cc2)[C@@H](Cc2ccccc2)C(=O)NCC(C)C)S(C)(=O)=O)c1. The van der Waals surface area contributed by atoms with Gasteiger partial charge in [0.25, 0.3) is 0 Å². The summed E-state index contributed by atoms with van der Waals surface area (Å²) in [4.78, 5) is 29.1. The average Bonchev–Trinajstić information content (AvgIpc) is 2.92. The van der Waals surface area contributed by atoms with E-state index in [0.29, 0.717) is 25.1 Å². The monoisotopic (exact) mass is 641 g/mol. The van der Waals surface area contributed by atoms with Crippen molar-refractivity contribution in [1.82, 2.24) is 10.2 Å². The Balaban J connectivity index is 1.87.